The molecule has 3 rings (SSSR count). The molecule has 0 spiro atoms. The number of fused-ring (bicyclic) bond motifs is 1. The summed E-state index contributed by atoms with van der Waals surface area (Å²) in [5.41, 5.74) is 3.48. The van der Waals surface area contributed by atoms with Gasteiger partial charge in [0.1, 0.15) is 18.0 Å². The maximum absolute atomic E-state index is 10.3. The van der Waals surface area contributed by atoms with Crippen molar-refractivity contribution >= 4 is 0 Å². The molecule has 0 bridgehead atoms. The van der Waals surface area contributed by atoms with E-state index in [1.807, 2.05) is 30.3 Å². The molecule has 2 atom stereocenters. The van der Waals surface area contributed by atoms with Crippen LogP contribution in [-0.2, 0) is 12.8 Å². The molecule has 2 heteroatoms. The average molecular weight is 254 g/mol. The Bertz CT molecular complexity index is 560. The number of aliphatic hydroxyl groups excluding tert-OH is 1. The lowest BCUT2D eigenvalue weighted by Gasteiger charge is -2.17. The zero-order valence-corrected chi connectivity index (χ0v) is 11.0. The summed E-state index contributed by atoms with van der Waals surface area (Å²) >= 11 is 0. The molecule has 1 aliphatic rings. The molecule has 2 unspecified atom stereocenters. The van der Waals surface area contributed by atoms with E-state index in [0.29, 0.717) is 0 Å². The number of hydrogen-bond acceptors (Lipinski definition) is 2. The molecule has 1 aliphatic carbocycles. The SMILES string of the molecule is CCc1ccc(OC2Cc3ccccc3C2O)cc1. The Morgan fingerprint density at radius 2 is 1.84 bits per heavy atom. The van der Waals surface area contributed by atoms with Gasteiger partial charge in [-0.3, -0.25) is 0 Å². The molecule has 0 aliphatic heterocycles. The van der Waals surface area contributed by atoms with Gasteiger partial charge in [0.2, 0.25) is 0 Å². The topological polar surface area (TPSA) is 29.5 Å². The largest absolute Gasteiger partial charge is 0.487 e. The second-order valence-electron chi connectivity index (χ2n) is 5.00. The summed E-state index contributed by atoms with van der Waals surface area (Å²) in [6.07, 6.45) is 1.09. The average Bonchev–Trinajstić information content (AvgIpc) is 2.77. The van der Waals surface area contributed by atoms with Crippen LogP contribution in [0.5, 0.6) is 5.75 Å². The number of hydrogen-bond donors (Lipinski definition) is 1. The van der Waals surface area contributed by atoms with Crippen LogP contribution < -0.4 is 4.74 Å². The van der Waals surface area contributed by atoms with Gasteiger partial charge >= 0.3 is 0 Å². The first-order valence-electron chi connectivity index (χ1n) is 6.79. The fraction of sp³-hybridized carbons (Fsp3) is 0.294. The van der Waals surface area contributed by atoms with E-state index in [-0.39, 0.29) is 6.10 Å². The first-order valence-corrected chi connectivity index (χ1v) is 6.79. The summed E-state index contributed by atoms with van der Waals surface area (Å²) < 4.78 is 5.92. The molecular weight excluding hydrogens is 236 g/mol. The zero-order valence-electron chi connectivity index (χ0n) is 11.0. The molecule has 0 aromatic heterocycles. The van der Waals surface area contributed by atoms with E-state index < -0.39 is 6.10 Å². The number of aliphatic hydroxyl groups is 1. The second kappa shape index (κ2) is 5.06. The number of benzene rings is 2. The highest BCUT2D eigenvalue weighted by Gasteiger charge is 2.32. The fourth-order valence-electron chi connectivity index (χ4n) is 2.62. The van der Waals surface area contributed by atoms with Gasteiger partial charge in [-0.2, -0.15) is 0 Å². The summed E-state index contributed by atoms with van der Waals surface area (Å²) in [6, 6.07) is 16.1. The quantitative estimate of drug-likeness (QED) is 0.910. The van der Waals surface area contributed by atoms with E-state index in [1.165, 1.54) is 11.1 Å². The lowest BCUT2D eigenvalue weighted by atomic mass is 10.1. The van der Waals surface area contributed by atoms with Gasteiger partial charge in [0, 0.05) is 6.42 Å². The van der Waals surface area contributed by atoms with Crippen molar-refractivity contribution in [2.24, 2.45) is 0 Å². The first-order chi connectivity index (χ1) is 9.28. The third kappa shape index (κ3) is 2.36. The highest BCUT2D eigenvalue weighted by atomic mass is 16.5. The van der Waals surface area contributed by atoms with Crippen molar-refractivity contribution in [1.82, 2.24) is 0 Å². The van der Waals surface area contributed by atoms with Gasteiger partial charge < -0.3 is 9.84 Å². The Balaban J connectivity index is 1.75. The molecule has 0 amide bonds. The van der Waals surface area contributed by atoms with E-state index in [0.717, 1.165) is 24.2 Å². The van der Waals surface area contributed by atoms with Crippen LogP contribution >= 0.6 is 0 Å². The van der Waals surface area contributed by atoms with Crippen molar-refractivity contribution in [2.75, 3.05) is 0 Å². The minimum Gasteiger partial charge on any atom is -0.487 e. The summed E-state index contributed by atoms with van der Waals surface area (Å²) in [5, 5.41) is 10.3. The molecule has 2 aromatic carbocycles. The fourth-order valence-corrected chi connectivity index (χ4v) is 2.62. The van der Waals surface area contributed by atoms with Crippen LogP contribution in [0.4, 0.5) is 0 Å². The zero-order chi connectivity index (χ0) is 13.2. The maximum Gasteiger partial charge on any atom is 0.133 e. The van der Waals surface area contributed by atoms with Gasteiger partial charge in [0.05, 0.1) is 0 Å². The molecule has 0 radical (unpaired) electrons. The van der Waals surface area contributed by atoms with Gasteiger partial charge in [-0.1, -0.05) is 43.3 Å². The Kier molecular flexibility index (Phi) is 3.26. The Labute approximate surface area is 113 Å². The first kappa shape index (κ1) is 12.2. The van der Waals surface area contributed by atoms with Crippen molar-refractivity contribution in [3.05, 3.63) is 65.2 Å². The van der Waals surface area contributed by atoms with Gasteiger partial charge in [-0.25, -0.2) is 0 Å². The second-order valence-corrected chi connectivity index (χ2v) is 5.00. The highest BCUT2D eigenvalue weighted by molar-refractivity contribution is 5.36. The number of aryl methyl sites for hydroxylation is 1. The lowest BCUT2D eigenvalue weighted by molar-refractivity contribution is 0.0494. The van der Waals surface area contributed by atoms with Crippen molar-refractivity contribution in [1.29, 1.82) is 0 Å². The minimum atomic E-state index is -0.526. The van der Waals surface area contributed by atoms with Crippen LogP contribution in [0.15, 0.2) is 48.5 Å². The third-order valence-electron chi connectivity index (χ3n) is 3.77. The predicted molar refractivity (Wildman–Crippen MR) is 75.3 cm³/mol. The normalized spacial score (nSPS) is 21.2. The van der Waals surface area contributed by atoms with Crippen molar-refractivity contribution < 1.29 is 9.84 Å². The summed E-state index contributed by atoms with van der Waals surface area (Å²) in [4.78, 5) is 0. The van der Waals surface area contributed by atoms with E-state index in [1.54, 1.807) is 0 Å². The van der Waals surface area contributed by atoms with Crippen LogP contribution in [0.2, 0.25) is 0 Å². The van der Waals surface area contributed by atoms with Gasteiger partial charge in [-0.15, -0.1) is 0 Å². The molecule has 19 heavy (non-hydrogen) atoms. The lowest BCUT2D eigenvalue weighted by Crippen LogP contribution is -2.21. The maximum atomic E-state index is 10.3. The third-order valence-corrected chi connectivity index (χ3v) is 3.77. The predicted octanol–water partition coefficient (Wildman–Crippen LogP) is 3.29. The van der Waals surface area contributed by atoms with Gasteiger partial charge in [-0.05, 0) is 35.2 Å². The number of rotatable bonds is 3. The molecule has 2 aromatic rings. The standard InChI is InChI=1S/C17H18O2/c1-2-12-7-9-14(10-8-12)19-16-11-13-5-3-4-6-15(13)17(16)18/h3-10,16-18H,2,11H2,1H3. The molecule has 0 fully saturated rings. The van der Waals surface area contributed by atoms with E-state index in [2.05, 4.69) is 25.1 Å². The smallest absolute Gasteiger partial charge is 0.133 e. The van der Waals surface area contributed by atoms with Crippen LogP contribution in [0.3, 0.4) is 0 Å². The Morgan fingerprint density at radius 1 is 1.11 bits per heavy atom. The molecule has 0 heterocycles. The van der Waals surface area contributed by atoms with E-state index in [4.69, 9.17) is 4.74 Å². The highest BCUT2D eigenvalue weighted by Crippen LogP contribution is 2.33. The van der Waals surface area contributed by atoms with Crippen molar-refractivity contribution in [2.45, 2.75) is 32.0 Å². The Morgan fingerprint density at radius 3 is 2.53 bits per heavy atom. The molecule has 1 N–H and O–H groups in total. The van der Waals surface area contributed by atoms with Crippen LogP contribution in [0.1, 0.15) is 29.7 Å². The summed E-state index contributed by atoms with van der Waals surface area (Å²) in [5.74, 6) is 0.828. The van der Waals surface area contributed by atoms with E-state index >= 15 is 0 Å². The van der Waals surface area contributed by atoms with Gasteiger partial charge in [0.25, 0.3) is 0 Å². The van der Waals surface area contributed by atoms with E-state index in [9.17, 15) is 5.11 Å². The van der Waals surface area contributed by atoms with Crippen LogP contribution in [-0.4, -0.2) is 11.2 Å². The van der Waals surface area contributed by atoms with Gasteiger partial charge in [0.15, 0.2) is 0 Å². The van der Waals surface area contributed by atoms with Crippen LogP contribution in [0.25, 0.3) is 0 Å². The monoisotopic (exact) mass is 254 g/mol. The number of ether oxygens (including phenoxy) is 1. The molecule has 2 nitrogen and oxygen atoms in total. The van der Waals surface area contributed by atoms with Crippen molar-refractivity contribution in [3.63, 3.8) is 0 Å². The minimum absolute atomic E-state index is 0.176. The van der Waals surface area contributed by atoms with Crippen molar-refractivity contribution in [3.8, 4) is 5.75 Å². The molecule has 0 saturated heterocycles. The summed E-state index contributed by atoms with van der Waals surface area (Å²) in [6.45, 7) is 2.13. The van der Waals surface area contributed by atoms with Crippen LogP contribution in [0, 0.1) is 0 Å². The molecular formula is C17H18O2. The molecule has 98 valence electrons. The molecule has 0 saturated carbocycles. The summed E-state index contributed by atoms with van der Waals surface area (Å²) in [7, 11) is 0. The Hall–Kier alpha value is -1.80.